The number of thiazole rings is 1. The maximum Gasteiger partial charge on any atom is 0.305 e. The number of ether oxygens (including phenoxy) is 5. The molecule has 0 radical (unpaired) electrons. The molecule has 0 bridgehead atoms. The molecule has 2 aromatic heterocycles. The normalized spacial score (nSPS) is 24.2. The molecule has 1 N–H and O–H groups in total. The molecule has 3 rings (SSSR count). The van der Waals surface area contributed by atoms with Crippen LogP contribution in [0.5, 0.6) is 0 Å². The summed E-state index contributed by atoms with van der Waals surface area (Å²) in [6.07, 6.45) is -3.68. The first-order chi connectivity index (χ1) is 16.0. The molecule has 3 heterocycles. The van der Waals surface area contributed by atoms with Crippen LogP contribution in [-0.4, -0.2) is 75.1 Å². The molecule has 5 atom stereocenters. The lowest BCUT2D eigenvalue weighted by Gasteiger charge is -2.44. The zero-order valence-electron chi connectivity index (χ0n) is 18.6. The molecule has 2 aromatic rings. The second kappa shape index (κ2) is 10.6. The van der Waals surface area contributed by atoms with E-state index in [4.69, 9.17) is 23.7 Å². The van der Waals surface area contributed by atoms with E-state index in [9.17, 15) is 24.0 Å². The van der Waals surface area contributed by atoms with E-state index in [-0.39, 0.29) is 17.2 Å². The van der Waals surface area contributed by atoms with Gasteiger partial charge >= 0.3 is 28.8 Å². The van der Waals surface area contributed by atoms with Crippen molar-refractivity contribution in [1.82, 2.24) is 20.0 Å². The minimum Gasteiger partial charge on any atom is -0.463 e. The van der Waals surface area contributed by atoms with Crippen LogP contribution in [0.2, 0.25) is 0 Å². The van der Waals surface area contributed by atoms with Crippen molar-refractivity contribution < 1.29 is 42.9 Å². The van der Waals surface area contributed by atoms with Crippen LogP contribution in [-0.2, 0) is 42.9 Å². The Kier molecular flexibility index (Phi) is 7.78. The van der Waals surface area contributed by atoms with E-state index < -0.39 is 54.5 Å². The first-order valence-electron chi connectivity index (χ1n) is 9.95. The van der Waals surface area contributed by atoms with Gasteiger partial charge in [0.2, 0.25) is 6.29 Å². The molecular formula is C19H22N4O10S. The number of nitrogens with zero attached hydrogens (tertiary/aromatic N) is 3. The van der Waals surface area contributed by atoms with Gasteiger partial charge in [0.05, 0.1) is 11.9 Å². The first kappa shape index (κ1) is 25.0. The molecule has 0 spiro atoms. The number of carbonyl (C=O) groups is 4. The van der Waals surface area contributed by atoms with Crippen LogP contribution < -0.4 is 4.87 Å². The Morgan fingerprint density at radius 3 is 2.24 bits per heavy atom. The van der Waals surface area contributed by atoms with Gasteiger partial charge in [0.25, 0.3) is 0 Å². The van der Waals surface area contributed by atoms with E-state index in [1.807, 2.05) is 0 Å². The lowest BCUT2D eigenvalue weighted by Crippen LogP contribution is -2.59. The predicted octanol–water partition coefficient (Wildman–Crippen LogP) is -0.0495. The number of hydrogen-bond donors (Lipinski definition) is 1. The van der Waals surface area contributed by atoms with E-state index in [0.717, 1.165) is 32.1 Å². The smallest absolute Gasteiger partial charge is 0.305 e. The van der Waals surface area contributed by atoms with Crippen LogP contribution >= 0.6 is 11.3 Å². The Balaban J connectivity index is 2.09. The zero-order chi connectivity index (χ0) is 25.0. The molecule has 1 aliphatic heterocycles. The number of aromatic amines is 1. The summed E-state index contributed by atoms with van der Waals surface area (Å²) in [7, 11) is 0. The highest BCUT2D eigenvalue weighted by Crippen LogP contribution is 2.35. The molecule has 1 fully saturated rings. The van der Waals surface area contributed by atoms with Crippen LogP contribution in [0.1, 0.15) is 33.7 Å². The third-order valence-electron chi connectivity index (χ3n) is 4.57. The Labute approximate surface area is 196 Å². The van der Waals surface area contributed by atoms with Crippen molar-refractivity contribution >= 4 is 35.2 Å². The molecule has 14 nitrogen and oxygen atoms in total. The average molecular weight is 498 g/mol. The maximum absolute atomic E-state index is 11.9. The monoisotopic (exact) mass is 498 g/mol. The molecule has 0 amide bonds. The minimum absolute atomic E-state index is 0.272. The lowest BCUT2D eigenvalue weighted by atomic mass is 9.95. The van der Waals surface area contributed by atoms with Crippen LogP contribution in [0.3, 0.4) is 0 Å². The van der Waals surface area contributed by atoms with Crippen LogP contribution in [0.15, 0.2) is 16.4 Å². The van der Waals surface area contributed by atoms with Crippen molar-refractivity contribution in [3.63, 3.8) is 0 Å². The molecule has 5 unspecified atom stereocenters. The predicted molar refractivity (Wildman–Crippen MR) is 111 cm³/mol. The van der Waals surface area contributed by atoms with Gasteiger partial charge in [-0.05, 0) is 0 Å². The van der Waals surface area contributed by atoms with Crippen LogP contribution in [0.25, 0.3) is 11.4 Å². The summed E-state index contributed by atoms with van der Waals surface area (Å²) in [5.41, 5.74) is 0.656. The summed E-state index contributed by atoms with van der Waals surface area (Å²) in [6, 6.07) is -1.11. The highest BCUT2D eigenvalue weighted by Gasteiger charge is 2.53. The summed E-state index contributed by atoms with van der Waals surface area (Å²) in [4.78, 5) is 60.8. The van der Waals surface area contributed by atoms with Crippen LogP contribution in [0, 0.1) is 0 Å². The number of esters is 4. The quantitative estimate of drug-likeness (QED) is 0.398. The summed E-state index contributed by atoms with van der Waals surface area (Å²) in [5.74, 6) is -2.81. The van der Waals surface area contributed by atoms with E-state index in [1.165, 1.54) is 17.8 Å². The Bertz CT molecular complexity index is 1120. The van der Waals surface area contributed by atoms with Gasteiger partial charge in [-0.25, -0.2) is 4.68 Å². The summed E-state index contributed by atoms with van der Waals surface area (Å²) in [5, 5.41) is 9.61. The highest BCUT2D eigenvalue weighted by atomic mass is 32.1. The van der Waals surface area contributed by atoms with E-state index in [2.05, 4.69) is 15.3 Å². The fourth-order valence-corrected chi connectivity index (χ4v) is 3.97. The molecule has 0 saturated carbocycles. The largest absolute Gasteiger partial charge is 0.463 e. The van der Waals surface area contributed by atoms with Gasteiger partial charge in [0.1, 0.15) is 24.4 Å². The van der Waals surface area contributed by atoms with Crippen molar-refractivity contribution in [3.05, 3.63) is 21.2 Å². The van der Waals surface area contributed by atoms with Crippen molar-refractivity contribution in [3.8, 4) is 11.4 Å². The highest BCUT2D eigenvalue weighted by molar-refractivity contribution is 7.07. The number of carbonyl (C=O) groups excluding carboxylic acids is 4. The second-order valence-corrected chi connectivity index (χ2v) is 8.08. The molecule has 15 heteroatoms. The third kappa shape index (κ3) is 6.05. The number of nitrogens with one attached hydrogen (secondary N) is 1. The molecule has 0 aromatic carbocycles. The molecular weight excluding hydrogens is 476 g/mol. The molecule has 184 valence electrons. The number of aromatic nitrogens is 4. The lowest BCUT2D eigenvalue weighted by molar-refractivity contribution is -0.285. The number of hydrogen-bond acceptors (Lipinski definition) is 13. The Hall–Kier alpha value is -3.59. The Morgan fingerprint density at radius 2 is 1.68 bits per heavy atom. The molecule has 0 aliphatic carbocycles. The van der Waals surface area contributed by atoms with E-state index in [1.54, 1.807) is 5.38 Å². The summed E-state index contributed by atoms with van der Waals surface area (Å²) < 4.78 is 28.1. The van der Waals surface area contributed by atoms with Gasteiger partial charge in [0, 0.05) is 33.1 Å². The fourth-order valence-electron chi connectivity index (χ4n) is 3.39. The van der Waals surface area contributed by atoms with Crippen molar-refractivity contribution in [2.45, 2.75) is 58.3 Å². The summed E-state index contributed by atoms with van der Waals surface area (Å²) >= 11 is 0.926. The van der Waals surface area contributed by atoms with E-state index in [0.29, 0.717) is 5.69 Å². The molecule has 1 saturated heterocycles. The second-order valence-electron chi connectivity index (χ2n) is 7.24. The molecule has 34 heavy (non-hydrogen) atoms. The fraction of sp³-hybridized carbons (Fsp3) is 0.526. The van der Waals surface area contributed by atoms with Gasteiger partial charge in [0.15, 0.2) is 12.2 Å². The van der Waals surface area contributed by atoms with E-state index >= 15 is 0 Å². The SMILES string of the molecule is CC(=O)OCC1OC(OC(C)=O)C(OC(C)=O)C(n2cc(-c3csc(=O)[nH]3)nn2)C1OC(C)=O. The average Bonchev–Trinajstić information content (AvgIpc) is 3.36. The first-order valence-corrected chi connectivity index (χ1v) is 10.8. The number of rotatable bonds is 7. The van der Waals surface area contributed by atoms with Crippen molar-refractivity contribution in [1.29, 1.82) is 0 Å². The molecule has 1 aliphatic rings. The zero-order valence-corrected chi connectivity index (χ0v) is 19.4. The van der Waals surface area contributed by atoms with Gasteiger partial charge in [-0.1, -0.05) is 16.6 Å². The standard InChI is InChI=1S/C19H22N4O10S/c1-8(24)29-6-14-16(30-9(2)25)15(17(31-10(3)26)18(33-14)32-11(4)27)23-5-12(21-22-23)13-7-34-19(28)20-13/h5,7,14-18H,6H2,1-4H3,(H,20,28). The number of H-pyrrole nitrogens is 1. The van der Waals surface area contributed by atoms with Gasteiger partial charge in [-0.15, -0.1) is 5.10 Å². The van der Waals surface area contributed by atoms with Crippen molar-refractivity contribution in [2.75, 3.05) is 6.61 Å². The summed E-state index contributed by atoms with van der Waals surface area (Å²) in [6.45, 7) is 4.23. The maximum atomic E-state index is 11.9. The van der Waals surface area contributed by atoms with Crippen LogP contribution in [0.4, 0.5) is 0 Å². The van der Waals surface area contributed by atoms with Gasteiger partial charge in [-0.2, -0.15) is 0 Å². The Morgan fingerprint density at radius 1 is 1.03 bits per heavy atom. The third-order valence-corrected chi connectivity index (χ3v) is 5.24. The minimum atomic E-state index is -1.45. The van der Waals surface area contributed by atoms with Crippen molar-refractivity contribution in [2.24, 2.45) is 0 Å². The van der Waals surface area contributed by atoms with Gasteiger partial charge in [-0.3, -0.25) is 24.0 Å². The van der Waals surface area contributed by atoms with Gasteiger partial charge < -0.3 is 28.7 Å². The topological polar surface area (TPSA) is 178 Å².